The molecule has 102 valence electrons. The molecule has 0 atom stereocenters. The molecule has 0 saturated carbocycles. The Morgan fingerprint density at radius 1 is 1.28 bits per heavy atom. The minimum atomic E-state index is -0.203. The van der Waals surface area contributed by atoms with E-state index in [2.05, 4.69) is 45.3 Å². The molecule has 0 spiro atoms. The second-order valence-electron chi connectivity index (χ2n) is 6.13. The molecule has 1 heterocycles. The molecule has 0 unspecified atom stereocenters. The van der Waals surface area contributed by atoms with E-state index < -0.39 is 0 Å². The van der Waals surface area contributed by atoms with Gasteiger partial charge in [-0.1, -0.05) is 34.6 Å². The van der Waals surface area contributed by atoms with Crippen molar-refractivity contribution in [1.82, 2.24) is 4.57 Å². The van der Waals surface area contributed by atoms with E-state index in [0.717, 1.165) is 6.42 Å². The van der Waals surface area contributed by atoms with Crippen LogP contribution in [0.15, 0.2) is 18.3 Å². The van der Waals surface area contributed by atoms with Gasteiger partial charge < -0.3 is 4.57 Å². The van der Waals surface area contributed by atoms with E-state index in [9.17, 15) is 4.79 Å². The number of aromatic nitrogens is 1. The van der Waals surface area contributed by atoms with Gasteiger partial charge in [0, 0.05) is 30.8 Å². The Balaban J connectivity index is 2.72. The molecule has 18 heavy (non-hydrogen) atoms. The molecular formula is C16H27NO. The number of aryl methyl sites for hydroxylation is 2. The molecule has 0 radical (unpaired) electrons. The summed E-state index contributed by atoms with van der Waals surface area (Å²) < 4.78 is 2.09. The third kappa shape index (κ3) is 2.85. The van der Waals surface area contributed by atoms with Crippen molar-refractivity contribution >= 4 is 5.78 Å². The van der Waals surface area contributed by atoms with Crippen molar-refractivity contribution in [3.8, 4) is 0 Å². The van der Waals surface area contributed by atoms with Crippen LogP contribution in [-0.2, 0) is 18.3 Å². The lowest BCUT2D eigenvalue weighted by Crippen LogP contribution is -2.38. The van der Waals surface area contributed by atoms with Crippen LogP contribution in [0.3, 0.4) is 0 Å². The van der Waals surface area contributed by atoms with Crippen LogP contribution >= 0.6 is 0 Å². The van der Waals surface area contributed by atoms with Crippen molar-refractivity contribution in [2.75, 3.05) is 0 Å². The molecule has 0 amide bonds. The summed E-state index contributed by atoms with van der Waals surface area (Å²) in [6, 6.07) is 4.12. The Morgan fingerprint density at radius 3 is 2.22 bits per heavy atom. The van der Waals surface area contributed by atoms with E-state index in [4.69, 9.17) is 0 Å². The number of rotatable bonds is 6. The summed E-state index contributed by atoms with van der Waals surface area (Å²) in [6.45, 7) is 10.7. The minimum absolute atomic E-state index is 0.203. The summed E-state index contributed by atoms with van der Waals surface area (Å²) in [4.78, 5) is 12.5. The number of nitrogens with zero attached hydrogens (tertiary/aromatic N) is 1. The lowest BCUT2D eigenvalue weighted by atomic mass is 9.66. The van der Waals surface area contributed by atoms with Gasteiger partial charge in [-0.05, 0) is 30.4 Å². The van der Waals surface area contributed by atoms with E-state index in [-0.39, 0.29) is 5.41 Å². The van der Waals surface area contributed by atoms with Crippen molar-refractivity contribution in [1.29, 1.82) is 0 Å². The lowest BCUT2D eigenvalue weighted by Gasteiger charge is -2.36. The molecule has 0 aliphatic rings. The zero-order valence-corrected chi connectivity index (χ0v) is 12.7. The first kappa shape index (κ1) is 15.0. The van der Waals surface area contributed by atoms with Crippen molar-refractivity contribution in [2.45, 2.75) is 47.5 Å². The van der Waals surface area contributed by atoms with Gasteiger partial charge in [-0.2, -0.15) is 0 Å². The number of ketones is 1. The van der Waals surface area contributed by atoms with Crippen LogP contribution in [0.5, 0.6) is 0 Å². The maximum Gasteiger partial charge on any atom is 0.139 e. The molecule has 0 fully saturated rings. The van der Waals surface area contributed by atoms with Crippen LogP contribution < -0.4 is 0 Å². The normalized spacial score (nSPS) is 12.4. The maximum atomic E-state index is 12.5. The van der Waals surface area contributed by atoms with Gasteiger partial charge in [-0.15, -0.1) is 0 Å². The first-order chi connectivity index (χ1) is 8.30. The highest BCUT2D eigenvalue weighted by molar-refractivity contribution is 5.85. The van der Waals surface area contributed by atoms with Gasteiger partial charge in [0.15, 0.2) is 0 Å². The average molecular weight is 249 g/mol. The molecule has 0 aliphatic heterocycles. The van der Waals surface area contributed by atoms with Crippen LogP contribution in [0.4, 0.5) is 0 Å². The van der Waals surface area contributed by atoms with E-state index >= 15 is 0 Å². The molecule has 0 aliphatic carbocycles. The fraction of sp³-hybridized carbons (Fsp3) is 0.688. The number of hydrogen-bond donors (Lipinski definition) is 0. The first-order valence-electron chi connectivity index (χ1n) is 6.93. The zero-order valence-electron chi connectivity index (χ0n) is 12.7. The van der Waals surface area contributed by atoms with Crippen molar-refractivity contribution in [3.63, 3.8) is 0 Å². The van der Waals surface area contributed by atoms with Crippen LogP contribution in [0.2, 0.25) is 0 Å². The second kappa shape index (κ2) is 5.73. The smallest absolute Gasteiger partial charge is 0.139 e. The molecule has 2 heteroatoms. The summed E-state index contributed by atoms with van der Waals surface area (Å²) in [5.41, 5.74) is 1.03. The van der Waals surface area contributed by atoms with E-state index in [1.807, 2.05) is 19.3 Å². The van der Waals surface area contributed by atoms with Crippen molar-refractivity contribution in [2.24, 2.45) is 24.3 Å². The van der Waals surface area contributed by atoms with Crippen molar-refractivity contribution < 1.29 is 4.79 Å². The molecule has 0 N–H and O–H groups in total. The molecule has 2 nitrogen and oxygen atoms in total. The molecule has 0 bridgehead atoms. The summed E-state index contributed by atoms with van der Waals surface area (Å²) >= 11 is 0. The predicted octanol–water partition coefficient (Wildman–Crippen LogP) is 3.85. The minimum Gasteiger partial charge on any atom is -0.354 e. The molecule has 1 aromatic heterocycles. The van der Waals surface area contributed by atoms with Gasteiger partial charge >= 0.3 is 0 Å². The Morgan fingerprint density at radius 2 is 1.83 bits per heavy atom. The van der Waals surface area contributed by atoms with Crippen LogP contribution in [0, 0.1) is 17.3 Å². The third-order valence-corrected chi connectivity index (χ3v) is 4.66. The van der Waals surface area contributed by atoms with Crippen LogP contribution in [0.1, 0.15) is 46.7 Å². The SMILES string of the molecule is CC(C)C(C)(C(=O)CCc1cccn1C)C(C)C. The van der Waals surface area contributed by atoms with E-state index in [0.29, 0.717) is 24.0 Å². The fourth-order valence-corrected chi connectivity index (χ4v) is 2.58. The number of hydrogen-bond acceptors (Lipinski definition) is 1. The topological polar surface area (TPSA) is 22.0 Å². The first-order valence-corrected chi connectivity index (χ1v) is 6.93. The Hall–Kier alpha value is -1.05. The van der Waals surface area contributed by atoms with Gasteiger partial charge in [-0.25, -0.2) is 0 Å². The zero-order chi connectivity index (χ0) is 13.9. The Kier molecular flexibility index (Phi) is 4.78. The Labute approximate surface area is 111 Å². The van der Waals surface area contributed by atoms with Gasteiger partial charge in [0.25, 0.3) is 0 Å². The standard InChI is InChI=1S/C16H27NO/c1-12(2)16(5,13(3)4)15(18)10-9-14-8-7-11-17(14)6/h7-8,11-13H,9-10H2,1-6H3. The highest BCUT2D eigenvalue weighted by Gasteiger charge is 2.38. The molecule has 1 rings (SSSR count). The quantitative estimate of drug-likeness (QED) is 0.750. The van der Waals surface area contributed by atoms with E-state index in [1.165, 1.54) is 5.69 Å². The van der Waals surface area contributed by atoms with Gasteiger partial charge in [0.05, 0.1) is 0 Å². The largest absolute Gasteiger partial charge is 0.354 e. The average Bonchev–Trinajstić information content (AvgIpc) is 2.69. The predicted molar refractivity (Wildman–Crippen MR) is 76.5 cm³/mol. The molecule has 0 aromatic carbocycles. The third-order valence-electron chi connectivity index (χ3n) is 4.66. The summed E-state index contributed by atoms with van der Waals surface area (Å²) in [7, 11) is 2.03. The number of carbonyl (C=O) groups excluding carboxylic acids is 1. The second-order valence-corrected chi connectivity index (χ2v) is 6.13. The van der Waals surface area contributed by atoms with Gasteiger partial charge in [0.1, 0.15) is 5.78 Å². The van der Waals surface area contributed by atoms with Gasteiger partial charge in [-0.3, -0.25) is 4.79 Å². The summed E-state index contributed by atoms with van der Waals surface area (Å²) in [6.07, 6.45) is 3.52. The maximum absolute atomic E-state index is 12.5. The highest BCUT2D eigenvalue weighted by atomic mass is 16.1. The van der Waals surface area contributed by atoms with E-state index in [1.54, 1.807) is 0 Å². The monoisotopic (exact) mass is 249 g/mol. The number of carbonyl (C=O) groups is 1. The summed E-state index contributed by atoms with van der Waals surface area (Å²) in [5, 5.41) is 0. The van der Waals surface area contributed by atoms with Crippen molar-refractivity contribution in [3.05, 3.63) is 24.0 Å². The van der Waals surface area contributed by atoms with Crippen LogP contribution in [0.25, 0.3) is 0 Å². The molecule has 0 saturated heterocycles. The fourth-order valence-electron chi connectivity index (χ4n) is 2.58. The molecular weight excluding hydrogens is 222 g/mol. The lowest BCUT2D eigenvalue weighted by molar-refractivity contribution is -0.133. The van der Waals surface area contributed by atoms with Crippen LogP contribution in [-0.4, -0.2) is 10.4 Å². The Bertz CT molecular complexity index is 393. The van der Waals surface area contributed by atoms with Gasteiger partial charge in [0.2, 0.25) is 0 Å². The summed E-state index contributed by atoms with van der Waals surface area (Å²) in [5.74, 6) is 1.17. The molecule has 1 aromatic rings. The number of Topliss-reactive ketones (excluding diaryl/α,β-unsaturated/α-hetero) is 1. The highest BCUT2D eigenvalue weighted by Crippen LogP contribution is 2.37.